The quantitative estimate of drug-likeness (QED) is 0.709. The third-order valence-electron chi connectivity index (χ3n) is 2.55. The van der Waals surface area contributed by atoms with E-state index in [1.54, 1.807) is 0 Å². The van der Waals surface area contributed by atoms with Crippen molar-refractivity contribution in [2.75, 3.05) is 17.6 Å². The molecule has 0 saturated carbocycles. The second kappa shape index (κ2) is 4.06. The summed E-state index contributed by atoms with van der Waals surface area (Å²) in [5.74, 6) is 0.722. The highest BCUT2D eigenvalue weighted by Gasteiger charge is 2.20. The Morgan fingerprint density at radius 2 is 2.53 bits per heavy atom. The van der Waals surface area contributed by atoms with Crippen LogP contribution in [0.5, 0.6) is 0 Å². The van der Waals surface area contributed by atoms with Crippen LogP contribution in [0.15, 0.2) is 0 Å². The van der Waals surface area contributed by atoms with E-state index in [0.717, 1.165) is 23.5 Å². The molecule has 1 saturated heterocycles. The van der Waals surface area contributed by atoms with Gasteiger partial charge in [0, 0.05) is 24.6 Å². The van der Waals surface area contributed by atoms with E-state index in [0.29, 0.717) is 12.2 Å². The van der Waals surface area contributed by atoms with Crippen LogP contribution in [0.1, 0.15) is 18.4 Å². The topological polar surface area (TPSA) is 80.0 Å². The number of amides is 1. The molecule has 0 radical (unpaired) electrons. The second-order valence-electron chi connectivity index (χ2n) is 3.71. The Labute approximate surface area is 92.2 Å². The standard InChI is InChI=1S/C9H14N4OS/c1-5-8(10)13-15-9(5)11-4-6-2-3-7(14)12-6/h6,11H,2-4H2,1H3,(H2,10,13)(H,12,14). The number of nitrogen functional groups attached to an aromatic ring is 1. The van der Waals surface area contributed by atoms with Crippen LogP contribution in [0.3, 0.4) is 0 Å². The Kier molecular flexibility index (Phi) is 2.77. The highest BCUT2D eigenvalue weighted by Crippen LogP contribution is 2.25. The molecule has 0 spiro atoms. The van der Waals surface area contributed by atoms with E-state index in [1.807, 2.05) is 6.92 Å². The molecule has 5 nitrogen and oxygen atoms in total. The number of nitrogens with zero attached hydrogens (tertiary/aromatic N) is 1. The van der Waals surface area contributed by atoms with Crippen molar-refractivity contribution in [2.24, 2.45) is 0 Å². The van der Waals surface area contributed by atoms with Gasteiger partial charge in [0.15, 0.2) is 0 Å². The summed E-state index contributed by atoms with van der Waals surface area (Å²) in [7, 11) is 0. The number of nitrogens with two attached hydrogens (primary N) is 1. The van der Waals surface area contributed by atoms with Gasteiger partial charge in [0.25, 0.3) is 0 Å². The lowest BCUT2D eigenvalue weighted by molar-refractivity contribution is -0.119. The summed E-state index contributed by atoms with van der Waals surface area (Å²) in [5, 5.41) is 7.15. The third-order valence-corrected chi connectivity index (χ3v) is 3.48. The lowest BCUT2D eigenvalue weighted by Crippen LogP contribution is -2.31. The fourth-order valence-electron chi connectivity index (χ4n) is 1.56. The zero-order valence-corrected chi connectivity index (χ0v) is 9.36. The Morgan fingerprint density at radius 3 is 3.07 bits per heavy atom. The van der Waals surface area contributed by atoms with Crippen LogP contribution in [-0.2, 0) is 4.79 Å². The molecule has 4 N–H and O–H groups in total. The molecule has 0 bridgehead atoms. The molecule has 2 heterocycles. The van der Waals surface area contributed by atoms with Crippen LogP contribution in [0.25, 0.3) is 0 Å². The Bertz CT molecular complexity index is 376. The van der Waals surface area contributed by atoms with Gasteiger partial charge in [0.1, 0.15) is 10.8 Å². The maximum absolute atomic E-state index is 11.0. The molecule has 82 valence electrons. The van der Waals surface area contributed by atoms with Gasteiger partial charge in [-0.15, -0.1) is 0 Å². The van der Waals surface area contributed by atoms with Crippen molar-refractivity contribution in [3.8, 4) is 0 Å². The SMILES string of the molecule is Cc1c(N)nsc1NCC1CCC(=O)N1. The van der Waals surface area contributed by atoms with Crippen LogP contribution in [0.2, 0.25) is 0 Å². The van der Waals surface area contributed by atoms with Crippen molar-refractivity contribution in [3.63, 3.8) is 0 Å². The molecule has 6 heteroatoms. The summed E-state index contributed by atoms with van der Waals surface area (Å²) in [5.41, 5.74) is 6.63. The van der Waals surface area contributed by atoms with Crippen molar-refractivity contribution in [1.29, 1.82) is 0 Å². The summed E-state index contributed by atoms with van der Waals surface area (Å²) in [6, 6.07) is 0.236. The molecule has 0 aromatic carbocycles. The number of rotatable bonds is 3. The number of nitrogens with one attached hydrogen (secondary N) is 2. The van der Waals surface area contributed by atoms with Crippen LogP contribution in [0, 0.1) is 6.92 Å². The van der Waals surface area contributed by atoms with E-state index in [2.05, 4.69) is 15.0 Å². The predicted octanol–water partition coefficient (Wildman–Crippen LogP) is 0.724. The first-order valence-corrected chi connectivity index (χ1v) is 5.69. The van der Waals surface area contributed by atoms with Crippen molar-refractivity contribution in [3.05, 3.63) is 5.56 Å². The number of hydrogen-bond acceptors (Lipinski definition) is 5. The smallest absolute Gasteiger partial charge is 0.220 e. The normalized spacial score (nSPS) is 20.3. The number of aromatic nitrogens is 1. The first-order valence-electron chi connectivity index (χ1n) is 4.92. The molecule has 2 rings (SSSR count). The molecule has 1 aromatic rings. The van der Waals surface area contributed by atoms with Gasteiger partial charge >= 0.3 is 0 Å². The van der Waals surface area contributed by atoms with Crippen molar-refractivity contribution < 1.29 is 4.79 Å². The minimum Gasteiger partial charge on any atom is -0.383 e. The Balaban J connectivity index is 1.88. The van der Waals surface area contributed by atoms with Crippen molar-refractivity contribution in [2.45, 2.75) is 25.8 Å². The zero-order valence-electron chi connectivity index (χ0n) is 8.54. The minimum absolute atomic E-state index is 0.141. The maximum Gasteiger partial charge on any atom is 0.220 e. The van der Waals surface area contributed by atoms with Crippen LogP contribution >= 0.6 is 11.5 Å². The van der Waals surface area contributed by atoms with Gasteiger partial charge in [-0.2, -0.15) is 4.37 Å². The minimum atomic E-state index is 0.141. The molecule has 1 fully saturated rings. The fourth-order valence-corrected chi connectivity index (χ4v) is 2.28. The van der Waals surface area contributed by atoms with E-state index in [4.69, 9.17) is 5.73 Å². The van der Waals surface area contributed by atoms with Gasteiger partial charge in [-0.1, -0.05) is 0 Å². The number of carbonyl (C=O) groups excluding carboxylic acids is 1. The summed E-state index contributed by atoms with van der Waals surface area (Å²) in [4.78, 5) is 11.0. The average Bonchev–Trinajstić information content (AvgIpc) is 2.74. The second-order valence-corrected chi connectivity index (χ2v) is 4.48. The van der Waals surface area contributed by atoms with Crippen molar-refractivity contribution in [1.82, 2.24) is 9.69 Å². The number of carbonyl (C=O) groups is 1. The first-order chi connectivity index (χ1) is 7.16. The van der Waals surface area contributed by atoms with E-state index < -0.39 is 0 Å². The monoisotopic (exact) mass is 226 g/mol. The van der Waals surface area contributed by atoms with E-state index in [-0.39, 0.29) is 11.9 Å². The van der Waals surface area contributed by atoms with Gasteiger partial charge in [-0.05, 0) is 24.9 Å². The molecule has 0 aliphatic carbocycles. The van der Waals surface area contributed by atoms with Gasteiger partial charge in [-0.25, -0.2) is 0 Å². The van der Waals surface area contributed by atoms with E-state index >= 15 is 0 Å². The molecule has 1 amide bonds. The first kappa shape index (κ1) is 10.2. The fraction of sp³-hybridized carbons (Fsp3) is 0.556. The average molecular weight is 226 g/mol. The molecule has 1 atom stereocenters. The zero-order chi connectivity index (χ0) is 10.8. The Morgan fingerprint density at radius 1 is 1.73 bits per heavy atom. The molecule has 1 unspecified atom stereocenters. The highest BCUT2D eigenvalue weighted by molar-refractivity contribution is 7.10. The highest BCUT2D eigenvalue weighted by atomic mass is 32.1. The maximum atomic E-state index is 11.0. The molecular weight excluding hydrogens is 212 g/mol. The molecule has 1 aliphatic rings. The van der Waals surface area contributed by atoms with Crippen LogP contribution in [0.4, 0.5) is 10.8 Å². The predicted molar refractivity (Wildman–Crippen MR) is 60.9 cm³/mol. The van der Waals surface area contributed by atoms with Gasteiger partial charge < -0.3 is 16.4 Å². The van der Waals surface area contributed by atoms with Crippen molar-refractivity contribution >= 4 is 28.3 Å². The lowest BCUT2D eigenvalue weighted by Gasteiger charge is -2.11. The molecule has 1 aromatic heterocycles. The summed E-state index contributed by atoms with van der Waals surface area (Å²) in [6.45, 7) is 2.68. The van der Waals surface area contributed by atoms with Gasteiger partial charge in [0.05, 0.1) is 0 Å². The summed E-state index contributed by atoms with van der Waals surface area (Å²) in [6.07, 6.45) is 1.54. The summed E-state index contributed by atoms with van der Waals surface area (Å²) < 4.78 is 4.05. The number of hydrogen-bond donors (Lipinski definition) is 3. The Hall–Kier alpha value is -1.30. The summed E-state index contributed by atoms with van der Waals surface area (Å²) >= 11 is 1.36. The molecular formula is C9H14N4OS. The molecule has 15 heavy (non-hydrogen) atoms. The third kappa shape index (κ3) is 2.20. The largest absolute Gasteiger partial charge is 0.383 e. The van der Waals surface area contributed by atoms with E-state index in [1.165, 1.54) is 11.5 Å². The van der Waals surface area contributed by atoms with Gasteiger partial charge in [0.2, 0.25) is 5.91 Å². The lowest BCUT2D eigenvalue weighted by atomic mass is 10.2. The van der Waals surface area contributed by atoms with Crippen LogP contribution in [-0.4, -0.2) is 22.9 Å². The van der Waals surface area contributed by atoms with Gasteiger partial charge in [-0.3, -0.25) is 4.79 Å². The van der Waals surface area contributed by atoms with Crippen LogP contribution < -0.4 is 16.4 Å². The number of anilines is 2. The van der Waals surface area contributed by atoms with E-state index in [9.17, 15) is 4.79 Å². The molecule has 1 aliphatic heterocycles.